The number of aromatic nitrogens is 2. The zero-order valence-corrected chi connectivity index (χ0v) is 9.85. The van der Waals surface area contributed by atoms with E-state index < -0.39 is 0 Å². The van der Waals surface area contributed by atoms with Crippen molar-refractivity contribution in [1.82, 2.24) is 14.3 Å². The summed E-state index contributed by atoms with van der Waals surface area (Å²) in [5.41, 5.74) is 0.984. The summed E-state index contributed by atoms with van der Waals surface area (Å²) in [5, 5.41) is 3.43. The van der Waals surface area contributed by atoms with Crippen LogP contribution in [0.25, 0.3) is 5.65 Å². The van der Waals surface area contributed by atoms with Gasteiger partial charge < -0.3 is 10.2 Å². The molecule has 0 aliphatic carbocycles. The Morgan fingerprint density at radius 2 is 2.25 bits per heavy atom. The average molecular weight is 218 g/mol. The van der Waals surface area contributed by atoms with Gasteiger partial charge in [0, 0.05) is 18.9 Å². The number of rotatable bonds is 5. The minimum absolute atomic E-state index is 0.982. The highest BCUT2D eigenvalue weighted by molar-refractivity contribution is 5.49. The van der Waals surface area contributed by atoms with E-state index in [4.69, 9.17) is 0 Å². The molecule has 86 valence electrons. The van der Waals surface area contributed by atoms with Gasteiger partial charge in [-0.2, -0.15) is 0 Å². The minimum atomic E-state index is 0.982. The molecule has 0 spiro atoms. The zero-order chi connectivity index (χ0) is 11.4. The average Bonchev–Trinajstić information content (AvgIpc) is 2.72. The van der Waals surface area contributed by atoms with Crippen molar-refractivity contribution in [3.63, 3.8) is 0 Å². The summed E-state index contributed by atoms with van der Waals surface area (Å²) in [6.45, 7) is 2.09. The molecule has 0 aromatic carbocycles. The fourth-order valence-corrected chi connectivity index (χ4v) is 1.70. The van der Waals surface area contributed by atoms with Crippen LogP contribution in [-0.4, -0.2) is 41.5 Å². The molecule has 0 radical (unpaired) electrons. The molecule has 0 atom stereocenters. The maximum absolute atomic E-state index is 4.25. The van der Waals surface area contributed by atoms with Gasteiger partial charge in [-0.05, 0) is 39.2 Å². The summed E-state index contributed by atoms with van der Waals surface area (Å²) in [5.74, 6) is 1.11. The number of nitrogens with zero attached hydrogens (tertiary/aromatic N) is 3. The van der Waals surface area contributed by atoms with Gasteiger partial charge in [-0.1, -0.05) is 6.07 Å². The molecule has 4 nitrogen and oxygen atoms in total. The second-order valence-corrected chi connectivity index (χ2v) is 4.15. The van der Waals surface area contributed by atoms with E-state index in [1.165, 1.54) is 0 Å². The molecular weight excluding hydrogens is 200 g/mol. The van der Waals surface area contributed by atoms with Gasteiger partial charge in [-0.15, -0.1) is 0 Å². The number of hydrogen-bond acceptors (Lipinski definition) is 3. The molecule has 0 saturated carbocycles. The number of imidazole rings is 1. The lowest BCUT2D eigenvalue weighted by molar-refractivity contribution is 0.405. The number of pyridine rings is 1. The van der Waals surface area contributed by atoms with Crippen molar-refractivity contribution in [1.29, 1.82) is 0 Å². The smallest absolute Gasteiger partial charge is 0.138 e. The SMILES string of the molecule is CN(C)CCCNc1cccc2nccn12. The molecule has 0 saturated heterocycles. The van der Waals surface area contributed by atoms with Gasteiger partial charge in [0.2, 0.25) is 0 Å². The lowest BCUT2D eigenvalue weighted by Crippen LogP contribution is -2.16. The van der Waals surface area contributed by atoms with Gasteiger partial charge in [0.05, 0.1) is 0 Å². The number of nitrogens with one attached hydrogen (secondary N) is 1. The third-order valence-corrected chi connectivity index (χ3v) is 2.52. The fourth-order valence-electron chi connectivity index (χ4n) is 1.70. The predicted octanol–water partition coefficient (Wildman–Crippen LogP) is 1.70. The summed E-state index contributed by atoms with van der Waals surface area (Å²) >= 11 is 0. The van der Waals surface area contributed by atoms with E-state index >= 15 is 0 Å². The van der Waals surface area contributed by atoms with Crippen LogP contribution in [0.5, 0.6) is 0 Å². The van der Waals surface area contributed by atoms with Gasteiger partial charge in [0.15, 0.2) is 0 Å². The van der Waals surface area contributed by atoms with Crippen LogP contribution in [0.2, 0.25) is 0 Å². The molecule has 2 rings (SSSR count). The number of anilines is 1. The molecule has 16 heavy (non-hydrogen) atoms. The Balaban J connectivity index is 1.96. The molecular formula is C12H18N4. The molecule has 0 unspecified atom stereocenters. The Morgan fingerprint density at radius 1 is 1.38 bits per heavy atom. The van der Waals surface area contributed by atoms with Crippen molar-refractivity contribution in [3.05, 3.63) is 30.6 Å². The maximum Gasteiger partial charge on any atom is 0.138 e. The van der Waals surface area contributed by atoms with Crippen LogP contribution in [0.1, 0.15) is 6.42 Å². The second kappa shape index (κ2) is 4.99. The van der Waals surface area contributed by atoms with Gasteiger partial charge >= 0.3 is 0 Å². The van der Waals surface area contributed by atoms with Gasteiger partial charge in [-0.25, -0.2) is 4.98 Å². The maximum atomic E-state index is 4.25. The van der Waals surface area contributed by atoms with Crippen LogP contribution in [0.3, 0.4) is 0 Å². The molecule has 0 aliphatic heterocycles. The predicted molar refractivity (Wildman–Crippen MR) is 66.9 cm³/mol. The standard InChI is InChI=1S/C12H18N4/c1-15(2)9-4-7-13-11-5-3-6-12-14-8-10-16(11)12/h3,5-6,8,10,13H,4,7,9H2,1-2H3. The molecule has 2 aromatic rings. The third-order valence-electron chi connectivity index (χ3n) is 2.52. The van der Waals surface area contributed by atoms with Crippen LogP contribution in [0, 0.1) is 0 Å². The summed E-state index contributed by atoms with van der Waals surface area (Å²) in [6, 6.07) is 6.10. The molecule has 4 heteroatoms. The molecule has 1 N–H and O–H groups in total. The summed E-state index contributed by atoms with van der Waals surface area (Å²) < 4.78 is 2.07. The van der Waals surface area contributed by atoms with E-state index in [1.807, 2.05) is 24.5 Å². The normalized spacial score (nSPS) is 11.2. The van der Waals surface area contributed by atoms with E-state index in [0.717, 1.165) is 31.0 Å². The van der Waals surface area contributed by atoms with Crippen molar-refractivity contribution >= 4 is 11.5 Å². The Hall–Kier alpha value is -1.55. The van der Waals surface area contributed by atoms with Crippen LogP contribution < -0.4 is 5.32 Å². The van der Waals surface area contributed by atoms with Gasteiger partial charge in [0.1, 0.15) is 11.5 Å². The van der Waals surface area contributed by atoms with Crippen LogP contribution in [0.15, 0.2) is 30.6 Å². The monoisotopic (exact) mass is 218 g/mol. The van der Waals surface area contributed by atoms with E-state index in [9.17, 15) is 0 Å². The Bertz CT molecular complexity index is 447. The summed E-state index contributed by atoms with van der Waals surface area (Å²) in [6.07, 6.45) is 4.93. The minimum Gasteiger partial charge on any atom is -0.371 e. The first-order valence-electron chi connectivity index (χ1n) is 5.58. The van der Waals surface area contributed by atoms with Crippen LogP contribution >= 0.6 is 0 Å². The highest BCUT2D eigenvalue weighted by atomic mass is 15.1. The molecule has 0 fully saturated rings. The quantitative estimate of drug-likeness (QED) is 0.775. The van der Waals surface area contributed by atoms with Crippen molar-refractivity contribution in [3.8, 4) is 0 Å². The van der Waals surface area contributed by atoms with E-state index in [-0.39, 0.29) is 0 Å². The number of hydrogen-bond donors (Lipinski definition) is 1. The van der Waals surface area contributed by atoms with Gasteiger partial charge in [-0.3, -0.25) is 4.40 Å². The van der Waals surface area contributed by atoms with E-state index in [0.29, 0.717) is 0 Å². The molecule has 2 heterocycles. The Labute approximate surface area is 95.9 Å². The topological polar surface area (TPSA) is 32.6 Å². The van der Waals surface area contributed by atoms with Gasteiger partial charge in [0.25, 0.3) is 0 Å². The molecule has 0 aliphatic rings. The Kier molecular flexibility index (Phi) is 3.41. The summed E-state index contributed by atoms with van der Waals surface area (Å²) in [7, 11) is 4.19. The van der Waals surface area contributed by atoms with Crippen molar-refractivity contribution in [2.75, 3.05) is 32.5 Å². The molecule has 0 bridgehead atoms. The Morgan fingerprint density at radius 3 is 3.06 bits per heavy atom. The van der Waals surface area contributed by atoms with Crippen LogP contribution in [-0.2, 0) is 0 Å². The van der Waals surface area contributed by atoms with Crippen molar-refractivity contribution in [2.24, 2.45) is 0 Å². The zero-order valence-electron chi connectivity index (χ0n) is 9.85. The first-order valence-corrected chi connectivity index (χ1v) is 5.58. The molecule has 0 amide bonds. The lowest BCUT2D eigenvalue weighted by Gasteiger charge is -2.11. The third kappa shape index (κ3) is 2.52. The first kappa shape index (κ1) is 11.0. The van der Waals surface area contributed by atoms with E-state index in [2.05, 4.69) is 39.8 Å². The summed E-state index contributed by atoms with van der Waals surface area (Å²) in [4.78, 5) is 6.44. The largest absolute Gasteiger partial charge is 0.371 e. The van der Waals surface area contributed by atoms with Crippen molar-refractivity contribution in [2.45, 2.75) is 6.42 Å². The molecule has 2 aromatic heterocycles. The van der Waals surface area contributed by atoms with Crippen LogP contribution in [0.4, 0.5) is 5.82 Å². The fraction of sp³-hybridized carbons (Fsp3) is 0.417. The number of fused-ring (bicyclic) bond motifs is 1. The lowest BCUT2D eigenvalue weighted by atomic mass is 10.4. The highest BCUT2D eigenvalue weighted by Crippen LogP contribution is 2.10. The highest BCUT2D eigenvalue weighted by Gasteiger charge is 1.99. The van der Waals surface area contributed by atoms with Crippen molar-refractivity contribution < 1.29 is 0 Å². The first-order chi connectivity index (χ1) is 7.77. The van der Waals surface area contributed by atoms with E-state index in [1.54, 1.807) is 0 Å². The second-order valence-electron chi connectivity index (χ2n) is 4.15.